The van der Waals surface area contributed by atoms with Gasteiger partial charge in [0.1, 0.15) is 12.2 Å². The van der Waals surface area contributed by atoms with E-state index in [9.17, 15) is 25.2 Å². The average Bonchev–Trinajstić information content (AvgIpc) is 3.31. The summed E-state index contributed by atoms with van der Waals surface area (Å²) in [5, 5.41) is 43.9. The molecule has 0 aromatic carbocycles. The Balaban J connectivity index is 3.71. The minimum Gasteiger partial charge on any atom is -0.394 e. The van der Waals surface area contributed by atoms with E-state index < -0.39 is 36.9 Å². The fourth-order valence-electron chi connectivity index (χ4n) is 8.49. The first-order chi connectivity index (χ1) is 32.0. The maximum absolute atomic E-state index is 12.6. The zero-order valence-electron chi connectivity index (χ0n) is 43.0. The van der Waals surface area contributed by atoms with Crippen LogP contribution in [0.25, 0.3) is 0 Å². The smallest absolute Gasteiger partial charge is 0.249 e. The van der Waals surface area contributed by atoms with Gasteiger partial charge in [-0.15, -0.1) is 0 Å². The maximum atomic E-state index is 12.6. The van der Waals surface area contributed by atoms with Crippen molar-refractivity contribution in [1.82, 2.24) is 5.32 Å². The molecular weight excluding hydrogens is 803 g/mol. The molecule has 0 spiro atoms. The number of carbonyl (C=O) groups is 1. The van der Waals surface area contributed by atoms with Crippen LogP contribution in [-0.4, -0.2) is 57.3 Å². The molecule has 6 nitrogen and oxygen atoms in total. The highest BCUT2D eigenvalue weighted by molar-refractivity contribution is 5.80. The third-order valence-corrected chi connectivity index (χ3v) is 12.9. The van der Waals surface area contributed by atoms with Gasteiger partial charge < -0.3 is 25.7 Å². The van der Waals surface area contributed by atoms with Crippen LogP contribution >= 0.6 is 0 Å². The molecule has 5 N–H and O–H groups in total. The molecule has 0 radical (unpaired) electrons. The fraction of sp³-hybridized carbons (Fsp3) is 0.814. The lowest BCUT2D eigenvalue weighted by Gasteiger charge is -2.27. The molecule has 0 aliphatic heterocycles. The molecule has 0 heterocycles. The van der Waals surface area contributed by atoms with Gasteiger partial charge in [0.05, 0.1) is 18.8 Å². The molecule has 0 aromatic heterocycles. The van der Waals surface area contributed by atoms with Crippen molar-refractivity contribution in [1.29, 1.82) is 0 Å². The van der Waals surface area contributed by atoms with Crippen molar-refractivity contribution in [2.24, 2.45) is 0 Å². The van der Waals surface area contributed by atoms with Crippen molar-refractivity contribution < 1.29 is 25.2 Å². The molecule has 0 rings (SSSR count). The summed E-state index contributed by atoms with van der Waals surface area (Å²) in [6, 6.07) is -1.02. The van der Waals surface area contributed by atoms with Gasteiger partial charge in [-0.25, -0.2) is 0 Å². The van der Waals surface area contributed by atoms with Crippen molar-refractivity contribution >= 4 is 5.91 Å². The molecule has 4 unspecified atom stereocenters. The molecule has 6 heteroatoms. The lowest BCUT2D eigenvalue weighted by Crippen LogP contribution is -2.53. The Labute approximate surface area is 403 Å². The zero-order valence-corrected chi connectivity index (χ0v) is 43.0. The minimum atomic E-state index is -1.30. The molecule has 0 saturated heterocycles. The van der Waals surface area contributed by atoms with Gasteiger partial charge >= 0.3 is 0 Å². The Morgan fingerprint density at radius 3 is 1.09 bits per heavy atom. The third kappa shape index (κ3) is 46.9. The first-order valence-corrected chi connectivity index (χ1v) is 28.2. The predicted octanol–water partition coefficient (Wildman–Crippen LogP) is 16.4. The van der Waals surface area contributed by atoms with Crippen molar-refractivity contribution in [3.8, 4) is 0 Å². The lowest BCUT2D eigenvalue weighted by molar-refractivity contribution is -0.132. The normalized spacial score (nSPS) is 14.2. The molecule has 1 amide bonds. The molecule has 0 aromatic rings. The highest BCUT2D eigenvalue weighted by atomic mass is 16.3. The standard InChI is InChI=1S/C59H109NO5/c1-3-5-7-9-11-13-15-17-19-21-23-24-25-26-27-28-29-30-31-32-33-34-35-37-38-40-42-44-46-48-50-52-56(62)58(64)55(54-61)60-59(65)57(63)53-51-49-47-45-43-41-39-36-22-20-18-16-14-12-10-8-6-4-2/h12,14,16,18,32-33,37-38,44,46,55-58,61-64H,3-11,13,15,17,19-31,34-36,39-43,45,47-54H2,1-2H3,(H,60,65)/b14-12-,18-16-,33-32+,38-37+,46-44+. The average molecular weight is 913 g/mol. The van der Waals surface area contributed by atoms with E-state index in [-0.39, 0.29) is 0 Å². The first-order valence-electron chi connectivity index (χ1n) is 28.2. The summed E-state index contributed by atoms with van der Waals surface area (Å²) in [6.45, 7) is 4.02. The topological polar surface area (TPSA) is 110 Å². The van der Waals surface area contributed by atoms with Gasteiger partial charge in [0, 0.05) is 0 Å². The minimum absolute atomic E-state index is 0.350. The molecule has 380 valence electrons. The number of amides is 1. The highest BCUT2D eigenvalue weighted by Gasteiger charge is 2.28. The summed E-state index contributed by atoms with van der Waals surface area (Å²) in [5.74, 6) is -0.604. The summed E-state index contributed by atoms with van der Waals surface area (Å²) in [7, 11) is 0. The number of aliphatic hydroxyl groups is 4. The quantitative estimate of drug-likeness (QED) is 0.0237. The van der Waals surface area contributed by atoms with E-state index in [4.69, 9.17) is 0 Å². The summed E-state index contributed by atoms with van der Waals surface area (Å²) in [4.78, 5) is 12.6. The lowest BCUT2D eigenvalue weighted by atomic mass is 10.00. The van der Waals surface area contributed by atoms with E-state index in [1.165, 1.54) is 186 Å². The summed E-state index contributed by atoms with van der Waals surface area (Å²) in [5.41, 5.74) is 0. The number of carbonyl (C=O) groups excluding carboxylic acids is 1. The van der Waals surface area contributed by atoms with Crippen LogP contribution in [-0.2, 0) is 4.79 Å². The number of nitrogens with one attached hydrogen (secondary N) is 1. The van der Waals surface area contributed by atoms with Crippen LogP contribution in [0.3, 0.4) is 0 Å². The van der Waals surface area contributed by atoms with Crippen LogP contribution in [0.5, 0.6) is 0 Å². The van der Waals surface area contributed by atoms with E-state index >= 15 is 0 Å². The van der Waals surface area contributed by atoms with Gasteiger partial charge in [0.2, 0.25) is 5.91 Å². The molecule has 65 heavy (non-hydrogen) atoms. The molecule has 0 aliphatic rings. The van der Waals surface area contributed by atoms with E-state index in [1.54, 1.807) is 0 Å². The number of hydrogen-bond acceptors (Lipinski definition) is 5. The third-order valence-electron chi connectivity index (χ3n) is 12.9. The van der Waals surface area contributed by atoms with E-state index in [0.717, 1.165) is 57.8 Å². The Hall–Kier alpha value is -1.99. The molecular formula is C59H109NO5. The van der Waals surface area contributed by atoms with E-state index in [0.29, 0.717) is 19.3 Å². The summed E-state index contributed by atoms with van der Waals surface area (Å²) >= 11 is 0. The van der Waals surface area contributed by atoms with Crippen LogP contribution in [0.4, 0.5) is 0 Å². The van der Waals surface area contributed by atoms with Gasteiger partial charge in [-0.1, -0.05) is 248 Å². The van der Waals surface area contributed by atoms with Gasteiger partial charge in [-0.3, -0.25) is 4.79 Å². The number of unbranched alkanes of at least 4 members (excludes halogenated alkanes) is 33. The maximum Gasteiger partial charge on any atom is 0.249 e. The van der Waals surface area contributed by atoms with Crippen LogP contribution in [0.2, 0.25) is 0 Å². The Kier molecular flexibility index (Phi) is 51.3. The molecule has 0 bridgehead atoms. The zero-order chi connectivity index (χ0) is 47.4. The monoisotopic (exact) mass is 912 g/mol. The highest BCUT2D eigenvalue weighted by Crippen LogP contribution is 2.17. The molecule has 0 saturated carbocycles. The molecule has 0 aliphatic carbocycles. The van der Waals surface area contributed by atoms with E-state index in [1.807, 2.05) is 0 Å². The van der Waals surface area contributed by atoms with Crippen LogP contribution in [0, 0.1) is 0 Å². The van der Waals surface area contributed by atoms with Crippen molar-refractivity contribution in [3.05, 3.63) is 60.8 Å². The number of hydrogen-bond donors (Lipinski definition) is 5. The summed E-state index contributed by atoms with van der Waals surface area (Å²) < 4.78 is 0. The van der Waals surface area contributed by atoms with Crippen molar-refractivity contribution in [2.45, 2.75) is 301 Å². The van der Waals surface area contributed by atoms with Crippen molar-refractivity contribution in [2.75, 3.05) is 6.61 Å². The fourth-order valence-corrected chi connectivity index (χ4v) is 8.49. The van der Waals surface area contributed by atoms with Gasteiger partial charge in [0.25, 0.3) is 0 Å². The Morgan fingerprint density at radius 2 is 0.692 bits per heavy atom. The number of rotatable bonds is 51. The second kappa shape index (κ2) is 53.0. The van der Waals surface area contributed by atoms with Crippen LogP contribution < -0.4 is 5.32 Å². The molecule has 0 fully saturated rings. The number of aliphatic hydroxyl groups excluding tert-OH is 4. The van der Waals surface area contributed by atoms with Gasteiger partial charge in [0.15, 0.2) is 0 Å². The second-order valence-electron chi connectivity index (χ2n) is 19.3. The summed E-state index contributed by atoms with van der Waals surface area (Å²) in [6.07, 6.45) is 68.6. The van der Waals surface area contributed by atoms with Crippen LogP contribution in [0.1, 0.15) is 277 Å². The second-order valence-corrected chi connectivity index (χ2v) is 19.3. The largest absolute Gasteiger partial charge is 0.394 e. The first kappa shape index (κ1) is 63.0. The van der Waals surface area contributed by atoms with Crippen LogP contribution in [0.15, 0.2) is 60.8 Å². The van der Waals surface area contributed by atoms with E-state index in [2.05, 4.69) is 79.9 Å². The van der Waals surface area contributed by atoms with Gasteiger partial charge in [-0.05, 0) is 89.9 Å². The predicted molar refractivity (Wildman–Crippen MR) is 283 cm³/mol. The SMILES string of the molecule is CCCCC/C=C\C=C/CCCCCCCCCCCC(O)C(=O)NC(CO)C(O)C(O)CCC/C=C/CC/C=C/CC/C=C/CCCCCCCCCCCCCCCCCCCC. The van der Waals surface area contributed by atoms with Crippen molar-refractivity contribution in [3.63, 3.8) is 0 Å². The van der Waals surface area contributed by atoms with Gasteiger partial charge in [-0.2, -0.15) is 0 Å². The number of allylic oxidation sites excluding steroid dienone is 10. The Morgan fingerprint density at radius 1 is 0.385 bits per heavy atom. The molecule has 4 atom stereocenters. The Bertz CT molecular complexity index is 1110.